The van der Waals surface area contributed by atoms with E-state index < -0.39 is 14.6 Å². The lowest BCUT2D eigenvalue weighted by Gasteiger charge is -2.43. The first-order valence-corrected chi connectivity index (χ1v) is 11.0. The van der Waals surface area contributed by atoms with Crippen LogP contribution in [0.25, 0.3) is 0 Å². The van der Waals surface area contributed by atoms with Gasteiger partial charge in [0.25, 0.3) is 0 Å². The molecule has 1 aliphatic heterocycles. The normalized spacial score (nSPS) is 26.3. The van der Waals surface area contributed by atoms with Crippen molar-refractivity contribution in [3.05, 3.63) is 11.6 Å². The molecule has 0 spiro atoms. The highest BCUT2D eigenvalue weighted by Gasteiger charge is 2.42. The van der Waals surface area contributed by atoms with Crippen molar-refractivity contribution in [1.29, 1.82) is 0 Å². The predicted octanol–water partition coefficient (Wildman–Crippen LogP) is 3.30. The molecule has 1 heterocycles. The van der Waals surface area contributed by atoms with Crippen LogP contribution in [0.1, 0.15) is 34.1 Å². The lowest BCUT2D eigenvalue weighted by Crippen LogP contribution is -2.49. The molecule has 0 radical (unpaired) electrons. The molecule has 6 heteroatoms. The van der Waals surface area contributed by atoms with Gasteiger partial charge in [-0.05, 0) is 31.1 Å². The number of ether oxygens (including phenoxy) is 3. The summed E-state index contributed by atoms with van der Waals surface area (Å²) in [5.74, 6) is 0. The van der Waals surface area contributed by atoms with Gasteiger partial charge in [0.05, 0.1) is 18.3 Å². The van der Waals surface area contributed by atoms with E-state index in [1.165, 1.54) is 0 Å². The standard InChI is InChI=1S/C17H32O5Si/c1-12-15(22-23(7,8)17(2,3)4)11-13(16(19-5)20-6)14(21-12)9-10-18/h10-12,14-16H,9H2,1-8H3/t12-,14-,15+/m0/s1. The quantitative estimate of drug-likeness (QED) is 0.307. The maximum atomic E-state index is 11.0. The van der Waals surface area contributed by atoms with Crippen molar-refractivity contribution in [2.24, 2.45) is 0 Å². The van der Waals surface area contributed by atoms with Gasteiger partial charge in [0, 0.05) is 26.2 Å². The molecule has 0 N–H and O–H groups in total. The molecular formula is C17H32O5Si. The molecule has 1 aliphatic rings. The van der Waals surface area contributed by atoms with Crippen molar-refractivity contribution >= 4 is 14.6 Å². The Balaban J connectivity index is 3.10. The summed E-state index contributed by atoms with van der Waals surface area (Å²) in [6, 6.07) is 0. The molecule has 1 rings (SSSR count). The molecule has 0 saturated heterocycles. The third-order valence-corrected chi connectivity index (χ3v) is 9.29. The molecule has 0 aromatic carbocycles. The van der Waals surface area contributed by atoms with Crippen LogP contribution < -0.4 is 0 Å². The first kappa shape index (κ1) is 20.5. The van der Waals surface area contributed by atoms with Crippen LogP contribution in [0.4, 0.5) is 0 Å². The second-order valence-corrected chi connectivity index (χ2v) is 12.3. The highest BCUT2D eigenvalue weighted by atomic mass is 28.4. The van der Waals surface area contributed by atoms with Crippen LogP contribution in [-0.4, -0.2) is 53.4 Å². The molecule has 3 atom stereocenters. The van der Waals surface area contributed by atoms with Gasteiger partial charge in [-0.3, -0.25) is 0 Å². The topological polar surface area (TPSA) is 54.0 Å². The average molecular weight is 345 g/mol. The Labute approximate surface area is 141 Å². The van der Waals surface area contributed by atoms with Gasteiger partial charge in [-0.1, -0.05) is 20.8 Å². The van der Waals surface area contributed by atoms with E-state index >= 15 is 0 Å². The second kappa shape index (κ2) is 8.03. The second-order valence-electron chi connectivity index (χ2n) is 7.54. The lowest BCUT2D eigenvalue weighted by molar-refractivity contribution is -0.123. The van der Waals surface area contributed by atoms with Crippen LogP contribution in [0, 0.1) is 0 Å². The van der Waals surface area contributed by atoms with Gasteiger partial charge < -0.3 is 23.4 Å². The van der Waals surface area contributed by atoms with E-state index in [-0.39, 0.29) is 29.8 Å². The van der Waals surface area contributed by atoms with Crippen LogP contribution in [-0.2, 0) is 23.4 Å². The SMILES string of the molecule is COC(OC)C1=C[C@@H](O[Si](C)(C)C(C)(C)C)[C@H](C)O[C@H]1CC=O. The van der Waals surface area contributed by atoms with Gasteiger partial charge in [0.15, 0.2) is 14.6 Å². The van der Waals surface area contributed by atoms with Crippen molar-refractivity contribution in [2.45, 2.75) is 76.8 Å². The predicted molar refractivity (Wildman–Crippen MR) is 93.0 cm³/mol. The van der Waals surface area contributed by atoms with E-state index in [0.29, 0.717) is 0 Å². The van der Waals surface area contributed by atoms with E-state index in [0.717, 1.165) is 11.9 Å². The molecule has 23 heavy (non-hydrogen) atoms. The minimum absolute atomic E-state index is 0.113. The Morgan fingerprint density at radius 2 is 1.87 bits per heavy atom. The highest BCUT2D eigenvalue weighted by Crippen LogP contribution is 2.39. The molecule has 0 saturated carbocycles. The van der Waals surface area contributed by atoms with Gasteiger partial charge >= 0.3 is 0 Å². The maximum absolute atomic E-state index is 11.0. The van der Waals surface area contributed by atoms with E-state index in [1.54, 1.807) is 14.2 Å². The number of hydrogen-bond acceptors (Lipinski definition) is 5. The number of hydrogen-bond donors (Lipinski definition) is 0. The maximum Gasteiger partial charge on any atom is 0.193 e. The summed E-state index contributed by atoms with van der Waals surface area (Å²) in [6.07, 6.45) is 2.04. The fourth-order valence-electron chi connectivity index (χ4n) is 2.37. The van der Waals surface area contributed by atoms with Crippen LogP contribution in [0.15, 0.2) is 11.6 Å². The molecule has 0 aromatic heterocycles. The minimum Gasteiger partial charge on any atom is -0.408 e. The highest BCUT2D eigenvalue weighted by molar-refractivity contribution is 6.74. The summed E-state index contributed by atoms with van der Waals surface area (Å²) in [6.45, 7) is 13.0. The Morgan fingerprint density at radius 3 is 2.30 bits per heavy atom. The van der Waals surface area contributed by atoms with E-state index in [4.69, 9.17) is 18.6 Å². The zero-order valence-corrected chi connectivity index (χ0v) is 16.7. The molecular weight excluding hydrogens is 312 g/mol. The van der Waals surface area contributed by atoms with Crippen molar-refractivity contribution in [3.63, 3.8) is 0 Å². The first-order valence-electron chi connectivity index (χ1n) is 8.11. The third kappa shape index (κ3) is 4.97. The number of aldehydes is 1. The van der Waals surface area contributed by atoms with Gasteiger partial charge in [0.2, 0.25) is 0 Å². The fraction of sp³-hybridized carbons (Fsp3) is 0.824. The van der Waals surface area contributed by atoms with Crippen LogP contribution >= 0.6 is 0 Å². The summed E-state index contributed by atoms with van der Waals surface area (Å²) in [5, 5.41) is 0.113. The molecule has 0 aromatic rings. The van der Waals surface area contributed by atoms with Gasteiger partial charge in [-0.2, -0.15) is 0 Å². The van der Waals surface area contributed by atoms with E-state index in [1.807, 2.05) is 13.0 Å². The third-order valence-electron chi connectivity index (χ3n) is 4.82. The molecule has 0 aliphatic carbocycles. The molecule has 5 nitrogen and oxygen atoms in total. The monoisotopic (exact) mass is 344 g/mol. The van der Waals surface area contributed by atoms with Crippen LogP contribution in [0.2, 0.25) is 18.1 Å². The largest absolute Gasteiger partial charge is 0.408 e. The molecule has 134 valence electrons. The summed E-state index contributed by atoms with van der Waals surface area (Å²) in [7, 11) is 1.22. The van der Waals surface area contributed by atoms with Crippen molar-refractivity contribution < 1.29 is 23.4 Å². The Hall–Kier alpha value is -0.533. The number of carbonyl (C=O) groups is 1. The smallest absolute Gasteiger partial charge is 0.193 e. The minimum atomic E-state index is -1.94. The Morgan fingerprint density at radius 1 is 1.30 bits per heavy atom. The van der Waals surface area contributed by atoms with Crippen molar-refractivity contribution in [1.82, 2.24) is 0 Å². The van der Waals surface area contributed by atoms with Gasteiger partial charge in [0.1, 0.15) is 6.29 Å². The average Bonchev–Trinajstić information content (AvgIpc) is 2.43. The Kier molecular flexibility index (Phi) is 7.16. The number of carbonyl (C=O) groups excluding carboxylic acids is 1. The fourth-order valence-corrected chi connectivity index (χ4v) is 3.67. The van der Waals surface area contributed by atoms with Crippen molar-refractivity contribution in [3.8, 4) is 0 Å². The van der Waals surface area contributed by atoms with Gasteiger partial charge in [-0.15, -0.1) is 0 Å². The van der Waals surface area contributed by atoms with Gasteiger partial charge in [-0.25, -0.2) is 0 Å². The number of methoxy groups -OCH3 is 2. The molecule has 0 bridgehead atoms. The molecule has 0 amide bonds. The summed E-state index contributed by atoms with van der Waals surface area (Å²) >= 11 is 0. The van der Waals surface area contributed by atoms with E-state index in [2.05, 4.69) is 33.9 Å². The Bertz CT molecular complexity index is 423. The number of rotatable bonds is 7. The first-order chi connectivity index (χ1) is 10.6. The van der Waals surface area contributed by atoms with E-state index in [9.17, 15) is 4.79 Å². The summed E-state index contributed by atoms with van der Waals surface area (Å²) in [5.41, 5.74) is 0.823. The summed E-state index contributed by atoms with van der Waals surface area (Å²) < 4.78 is 23.3. The molecule has 0 fully saturated rings. The van der Waals surface area contributed by atoms with Crippen LogP contribution in [0.5, 0.6) is 0 Å². The van der Waals surface area contributed by atoms with Crippen LogP contribution in [0.3, 0.4) is 0 Å². The zero-order valence-electron chi connectivity index (χ0n) is 15.7. The summed E-state index contributed by atoms with van der Waals surface area (Å²) in [4.78, 5) is 11.0. The lowest BCUT2D eigenvalue weighted by atomic mass is 9.99. The molecule has 0 unspecified atom stereocenters. The van der Waals surface area contributed by atoms with Crippen molar-refractivity contribution in [2.75, 3.05) is 14.2 Å². The zero-order chi connectivity index (χ0) is 17.8.